The molecule has 0 fully saturated rings. The maximum atomic E-state index is 4.25. The molecule has 1 aromatic heterocycles. The van der Waals surface area contributed by atoms with Gasteiger partial charge in [-0.3, -0.25) is 4.98 Å². The van der Waals surface area contributed by atoms with Crippen LogP contribution in [0.3, 0.4) is 0 Å². The highest BCUT2D eigenvalue weighted by atomic mass is 14.8. The highest BCUT2D eigenvalue weighted by molar-refractivity contribution is 5.90. The van der Waals surface area contributed by atoms with Crippen LogP contribution in [0.25, 0.3) is 10.9 Å². The minimum Gasteiger partial charge on any atom is -0.388 e. The van der Waals surface area contributed by atoms with Gasteiger partial charge in [0, 0.05) is 24.3 Å². The Morgan fingerprint density at radius 1 is 1.17 bits per heavy atom. The van der Waals surface area contributed by atoms with Gasteiger partial charge < -0.3 is 5.32 Å². The number of nitrogens with zero attached hydrogens (tertiary/aromatic N) is 1. The normalized spacial score (nSPS) is 10.1. The van der Waals surface area contributed by atoms with E-state index in [4.69, 9.17) is 0 Å². The van der Waals surface area contributed by atoms with Crippen LogP contribution >= 0.6 is 0 Å². The number of fused-ring (bicyclic) bond motifs is 1. The van der Waals surface area contributed by atoms with E-state index in [2.05, 4.69) is 16.4 Å². The first-order chi connectivity index (χ1) is 5.92. The minimum atomic E-state index is 1.03. The third-order valence-electron chi connectivity index (χ3n) is 1.92. The van der Waals surface area contributed by atoms with Crippen molar-refractivity contribution in [1.82, 2.24) is 4.98 Å². The summed E-state index contributed by atoms with van der Waals surface area (Å²) in [6, 6.07) is 10.1. The lowest BCUT2D eigenvalue weighted by molar-refractivity contribution is 1.40. The van der Waals surface area contributed by atoms with Crippen molar-refractivity contribution in [2.75, 3.05) is 12.4 Å². The third-order valence-corrected chi connectivity index (χ3v) is 1.92. The van der Waals surface area contributed by atoms with Gasteiger partial charge in [-0.25, -0.2) is 0 Å². The first-order valence-corrected chi connectivity index (χ1v) is 3.93. The van der Waals surface area contributed by atoms with Crippen molar-refractivity contribution in [3.8, 4) is 0 Å². The van der Waals surface area contributed by atoms with Crippen LogP contribution < -0.4 is 5.32 Å². The highest BCUT2D eigenvalue weighted by Crippen LogP contribution is 2.19. The van der Waals surface area contributed by atoms with Crippen molar-refractivity contribution < 1.29 is 0 Å². The Morgan fingerprint density at radius 2 is 2.00 bits per heavy atom. The number of hydrogen-bond acceptors (Lipinski definition) is 2. The predicted octanol–water partition coefficient (Wildman–Crippen LogP) is 2.28. The van der Waals surface area contributed by atoms with Gasteiger partial charge in [-0.15, -0.1) is 0 Å². The van der Waals surface area contributed by atoms with Crippen LogP contribution in [0.4, 0.5) is 5.69 Å². The Morgan fingerprint density at radius 3 is 2.83 bits per heavy atom. The number of hydrogen-bond donors (Lipinski definition) is 1. The summed E-state index contributed by atoms with van der Waals surface area (Å²) in [5.41, 5.74) is 2.16. The summed E-state index contributed by atoms with van der Waals surface area (Å²) >= 11 is 0. The van der Waals surface area contributed by atoms with Gasteiger partial charge in [-0.05, 0) is 12.1 Å². The first kappa shape index (κ1) is 7.10. The lowest BCUT2D eigenvalue weighted by Gasteiger charge is -2.03. The molecule has 0 saturated heterocycles. The molecule has 1 N–H and O–H groups in total. The van der Waals surface area contributed by atoms with E-state index in [-0.39, 0.29) is 0 Å². The second-order valence-corrected chi connectivity index (χ2v) is 2.63. The van der Waals surface area contributed by atoms with E-state index in [0.29, 0.717) is 0 Å². The molecule has 0 aliphatic rings. The fourth-order valence-electron chi connectivity index (χ4n) is 1.31. The molecule has 60 valence electrons. The van der Waals surface area contributed by atoms with Gasteiger partial charge in [0.05, 0.1) is 5.52 Å². The second kappa shape index (κ2) is 2.81. The Kier molecular flexibility index (Phi) is 1.67. The van der Waals surface area contributed by atoms with E-state index in [0.717, 1.165) is 11.2 Å². The number of aromatic nitrogens is 1. The van der Waals surface area contributed by atoms with Crippen LogP contribution in [0.2, 0.25) is 0 Å². The molecule has 0 aliphatic heterocycles. The largest absolute Gasteiger partial charge is 0.388 e. The Hall–Kier alpha value is -1.57. The topological polar surface area (TPSA) is 24.9 Å². The summed E-state index contributed by atoms with van der Waals surface area (Å²) in [5, 5.41) is 4.30. The van der Waals surface area contributed by atoms with Gasteiger partial charge in [0.25, 0.3) is 0 Å². The number of pyridine rings is 1. The molecule has 2 heteroatoms. The number of benzene rings is 1. The molecular weight excluding hydrogens is 148 g/mol. The summed E-state index contributed by atoms with van der Waals surface area (Å²) in [4.78, 5) is 4.25. The molecule has 1 heterocycles. The van der Waals surface area contributed by atoms with Crippen LogP contribution in [0.5, 0.6) is 0 Å². The fourth-order valence-corrected chi connectivity index (χ4v) is 1.31. The molecule has 0 saturated carbocycles. The summed E-state index contributed by atoms with van der Waals surface area (Å²) < 4.78 is 0. The van der Waals surface area contributed by atoms with E-state index in [1.54, 1.807) is 0 Å². The molecule has 0 amide bonds. The third kappa shape index (κ3) is 1.01. The van der Waals surface area contributed by atoms with Crippen molar-refractivity contribution in [3.63, 3.8) is 0 Å². The fraction of sp³-hybridized carbons (Fsp3) is 0.100. The van der Waals surface area contributed by atoms with Gasteiger partial charge in [0.2, 0.25) is 0 Å². The van der Waals surface area contributed by atoms with Gasteiger partial charge in [-0.2, -0.15) is 0 Å². The summed E-state index contributed by atoms with van der Waals surface area (Å²) in [6.45, 7) is 0. The van der Waals surface area contributed by atoms with Crippen LogP contribution in [-0.2, 0) is 0 Å². The molecule has 0 bridgehead atoms. The molecule has 1 aromatic carbocycles. The Balaban J connectivity index is 2.79. The van der Waals surface area contributed by atoms with Crippen molar-refractivity contribution in [1.29, 1.82) is 0 Å². The molecule has 0 spiro atoms. The monoisotopic (exact) mass is 158 g/mol. The lowest BCUT2D eigenvalue weighted by atomic mass is 10.2. The van der Waals surface area contributed by atoms with E-state index in [1.165, 1.54) is 5.39 Å². The molecule has 2 aromatic rings. The smallest absolute Gasteiger partial charge is 0.0722 e. The molecular formula is C10H10N2. The standard InChI is InChI=1S/C10H10N2/c1-11-9-6-7-12-10-5-3-2-4-8(9)10/h2-7H,1H3,(H,11,12). The Labute approximate surface area is 71.2 Å². The van der Waals surface area contributed by atoms with Gasteiger partial charge in [0.15, 0.2) is 0 Å². The van der Waals surface area contributed by atoms with E-state index < -0.39 is 0 Å². The number of para-hydroxylation sites is 1. The van der Waals surface area contributed by atoms with Gasteiger partial charge in [-0.1, -0.05) is 18.2 Å². The van der Waals surface area contributed by atoms with E-state index in [1.807, 2.05) is 37.5 Å². The zero-order valence-corrected chi connectivity index (χ0v) is 6.91. The van der Waals surface area contributed by atoms with E-state index >= 15 is 0 Å². The molecule has 12 heavy (non-hydrogen) atoms. The maximum Gasteiger partial charge on any atom is 0.0722 e. The van der Waals surface area contributed by atoms with Crippen molar-refractivity contribution in [2.45, 2.75) is 0 Å². The molecule has 2 rings (SSSR count). The van der Waals surface area contributed by atoms with Crippen molar-refractivity contribution in [3.05, 3.63) is 36.5 Å². The predicted molar refractivity (Wildman–Crippen MR) is 51.3 cm³/mol. The van der Waals surface area contributed by atoms with Crippen LogP contribution in [0, 0.1) is 0 Å². The SMILES string of the molecule is CNc1ccnc2ccccc12. The Bertz CT molecular complexity index is 390. The molecule has 2 nitrogen and oxygen atoms in total. The average molecular weight is 158 g/mol. The lowest BCUT2D eigenvalue weighted by Crippen LogP contribution is -1.89. The van der Waals surface area contributed by atoms with Gasteiger partial charge >= 0.3 is 0 Å². The van der Waals surface area contributed by atoms with Crippen LogP contribution in [0.15, 0.2) is 36.5 Å². The molecule has 0 atom stereocenters. The van der Waals surface area contributed by atoms with Crippen LogP contribution in [-0.4, -0.2) is 12.0 Å². The number of rotatable bonds is 1. The first-order valence-electron chi connectivity index (χ1n) is 3.93. The van der Waals surface area contributed by atoms with Crippen LogP contribution in [0.1, 0.15) is 0 Å². The van der Waals surface area contributed by atoms with Crippen molar-refractivity contribution in [2.24, 2.45) is 0 Å². The average Bonchev–Trinajstić information content (AvgIpc) is 2.17. The van der Waals surface area contributed by atoms with Crippen molar-refractivity contribution >= 4 is 16.6 Å². The zero-order valence-electron chi connectivity index (χ0n) is 6.91. The molecule has 0 unspecified atom stereocenters. The second-order valence-electron chi connectivity index (χ2n) is 2.63. The summed E-state index contributed by atoms with van der Waals surface area (Å²) in [5.74, 6) is 0. The minimum absolute atomic E-state index is 1.03. The number of anilines is 1. The highest BCUT2D eigenvalue weighted by Gasteiger charge is 1.96. The summed E-state index contributed by atoms with van der Waals surface area (Å²) in [7, 11) is 1.92. The quantitative estimate of drug-likeness (QED) is 0.688. The zero-order chi connectivity index (χ0) is 8.39. The van der Waals surface area contributed by atoms with E-state index in [9.17, 15) is 0 Å². The number of nitrogens with one attached hydrogen (secondary N) is 1. The molecule has 0 radical (unpaired) electrons. The summed E-state index contributed by atoms with van der Waals surface area (Å²) in [6.07, 6.45) is 1.81. The maximum absolute atomic E-state index is 4.25. The van der Waals surface area contributed by atoms with Gasteiger partial charge in [0.1, 0.15) is 0 Å². The molecule has 0 aliphatic carbocycles.